The van der Waals surface area contributed by atoms with Crippen molar-refractivity contribution in [1.29, 1.82) is 0 Å². The first-order valence-electron chi connectivity index (χ1n) is 3.77. The molecule has 2 N–H and O–H groups in total. The monoisotopic (exact) mass is 220 g/mol. The van der Waals surface area contributed by atoms with Crippen LogP contribution >= 0.6 is 15.9 Å². The Morgan fingerprint density at radius 3 is 2.91 bits per heavy atom. The van der Waals surface area contributed by atoms with E-state index in [1.165, 1.54) is 0 Å². The average Bonchev–Trinajstić information content (AvgIpc) is 2.09. The Balaban J connectivity index is 2.41. The van der Waals surface area contributed by atoms with Crippen LogP contribution in [0.4, 0.5) is 0 Å². The molecule has 1 aliphatic heterocycles. The lowest BCUT2D eigenvalue weighted by Gasteiger charge is -2.17. The highest BCUT2D eigenvalue weighted by atomic mass is 79.9. The van der Waals surface area contributed by atoms with Gasteiger partial charge in [0.05, 0.1) is 0 Å². The van der Waals surface area contributed by atoms with Gasteiger partial charge in [-0.1, -0.05) is 15.9 Å². The molecule has 0 aromatic heterocycles. The first-order chi connectivity index (χ1) is 5.09. The SMILES string of the molecule is CC(N)CN1CC(Br)CC1=O. The smallest absolute Gasteiger partial charge is 0.223 e. The molecule has 1 rings (SSSR count). The number of likely N-dealkylation sites (tertiary alicyclic amines) is 1. The number of nitrogens with two attached hydrogens (primary N) is 1. The first-order valence-corrected chi connectivity index (χ1v) is 4.68. The van der Waals surface area contributed by atoms with E-state index < -0.39 is 0 Å². The molecular formula is C7H13BrN2O. The third-order valence-corrected chi connectivity index (χ3v) is 2.29. The highest BCUT2D eigenvalue weighted by molar-refractivity contribution is 9.09. The first kappa shape index (κ1) is 9.00. The van der Waals surface area contributed by atoms with Crippen LogP contribution in [-0.4, -0.2) is 34.8 Å². The van der Waals surface area contributed by atoms with E-state index in [1.807, 2.05) is 11.8 Å². The predicted molar refractivity (Wildman–Crippen MR) is 47.6 cm³/mol. The summed E-state index contributed by atoms with van der Waals surface area (Å²) >= 11 is 3.41. The molecule has 64 valence electrons. The lowest BCUT2D eigenvalue weighted by Crippen LogP contribution is -2.36. The third kappa shape index (κ3) is 2.45. The van der Waals surface area contributed by atoms with Crippen molar-refractivity contribution >= 4 is 21.8 Å². The fourth-order valence-corrected chi connectivity index (χ4v) is 1.87. The van der Waals surface area contributed by atoms with Gasteiger partial charge in [0, 0.05) is 30.4 Å². The summed E-state index contributed by atoms with van der Waals surface area (Å²) < 4.78 is 0. The molecule has 0 spiro atoms. The van der Waals surface area contributed by atoms with Crippen molar-refractivity contribution in [2.75, 3.05) is 13.1 Å². The minimum absolute atomic E-state index is 0.0803. The maximum Gasteiger partial charge on any atom is 0.223 e. The van der Waals surface area contributed by atoms with Gasteiger partial charge in [-0.3, -0.25) is 4.79 Å². The predicted octanol–water partition coefficient (Wildman–Crippen LogP) is 0.329. The molecule has 0 aromatic carbocycles. The van der Waals surface area contributed by atoms with E-state index in [0.717, 1.165) is 6.54 Å². The molecule has 1 fully saturated rings. The van der Waals surface area contributed by atoms with Crippen LogP contribution in [0.5, 0.6) is 0 Å². The molecule has 0 saturated carbocycles. The largest absolute Gasteiger partial charge is 0.340 e. The molecule has 2 unspecified atom stereocenters. The van der Waals surface area contributed by atoms with Gasteiger partial charge in [0.25, 0.3) is 0 Å². The minimum Gasteiger partial charge on any atom is -0.340 e. The van der Waals surface area contributed by atoms with E-state index >= 15 is 0 Å². The van der Waals surface area contributed by atoms with Gasteiger partial charge in [0.1, 0.15) is 0 Å². The van der Waals surface area contributed by atoms with Gasteiger partial charge in [-0.25, -0.2) is 0 Å². The molecule has 1 amide bonds. The van der Waals surface area contributed by atoms with E-state index in [-0.39, 0.29) is 11.9 Å². The maximum atomic E-state index is 11.2. The van der Waals surface area contributed by atoms with Gasteiger partial charge in [0.2, 0.25) is 5.91 Å². The van der Waals surface area contributed by atoms with Crippen molar-refractivity contribution in [2.45, 2.75) is 24.2 Å². The van der Waals surface area contributed by atoms with E-state index in [9.17, 15) is 4.79 Å². The van der Waals surface area contributed by atoms with Gasteiger partial charge in [-0.15, -0.1) is 0 Å². The number of halogens is 1. The van der Waals surface area contributed by atoms with Gasteiger partial charge >= 0.3 is 0 Å². The number of nitrogens with zero attached hydrogens (tertiary/aromatic N) is 1. The van der Waals surface area contributed by atoms with Crippen LogP contribution < -0.4 is 5.73 Å². The van der Waals surface area contributed by atoms with Crippen molar-refractivity contribution in [2.24, 2.45) is 5.73 Å². The van der Waals surface area contributed by atoms with Crippen molar-refractivity contribution in [3.05, 3.63) is 0 Å². The summed E-state index contributed by atoms with van der Waals surface area (Å²) in [5, 5.41) is 0. The normalized spacial score (nSPS) is 27.7. The zero-order valence-electron chi connectivity index (χ0n) is 6.59. The van der Waals surface area contributed by atoms with Gasteiger partial charge in [0.15, 0.2) is 0 Å². The third-order valence-electron chi connectivity index (χ3n) is 1.68. The van der Waals surface area contributed by atoms with Crippen molar-refractivity contribution in [3.8, 4) is 0 Å². The Bertz CT molecular complexity index is 161. The summed E-state index contributed by atoms with van der Waals surface area (Å²) in [6.07, 6.45) is 0.618. The molecule has 0 aromatic rings. The zero-order chi connectivity index (χ0) is 8.43. The van der Waals surface area contributed by atoms with Crippen LogP contribution in [0.2, 0.25) is 0 Å². The number of rotatable bonds is 2. The zero-order valence-corrected chi connectivity index (χ0v) is 8.17. The Kier molecular flexibility index (Phi) is 2.90. The minimum atomic E-state index is 0.0803. The molecule has 4 heteroatoms. The highest BCUT2D eigenvalue weighted by Gasteiger charge is 2.27. The number of hydrogen-bond acceptors (Lipinski definition) is 2. The molecule has 2 atom stereocenters. The van der Waals surface area contributed by atoms with Gasteiger partial charge in [-0.2, -0.15) is 0 Å². The fraction of sp³-hybridized carbons (Fsp3) is 0.857. The van der Waals surface area contributed by atoms with E-state index in [0.29, 0.717) is 17.8 Å². The number of alkyl halides is 1. The van der Waals surface area contributed by atoms with Crippen LogP contribution in [0.25, 0.3) is 0 Å². The summed E-state index contributed by atoms with van der Waals surface area (Å²) in [7, 11) is 0. The summed E-state index contributed by atoms with van der Waals surface area (Å²) in [5.74, 6) is 0.212. The second-order valence-electron chi connectivity index (χ2n) is 3.08. The molecule has 11 heavy (non-hydrogen) atoms. The topological polar surface area (TPSA) is 46.3 Å². The summed E-state index contributed by atoms with van der Waals surface area (Å²) in [6.45, 7) is 3.40. The average molecular weight is 221 g/mol. The Hall–Kier alpha value is -0.0900. The molecule has 1 heterocycles. The van der Waals surface area contributed by atoms with E-state index in [4.69, 9.17) is 5.73 Å². The summed E-state index contributed by atoms with van der Waals surface area (Å²) in [5.41, 5.74) is 5.57. The Labute approximate surface area is 75.1 Å². The van der Waals surface area contributed by atoms with E-state index in [2.05, 4.69) is 15.9 Å². The molecule has 0 radical (unpaired) electrons. The molecule has 1 aliphatic rings. The van der Waals surface area contributed by atoms with Crippen molar-refractivity contribution < 1.29 is 4.79 Å². The van der Waals surface area contributed by atoms with Crippen LogP contribution in [0.15, 0.2) is 0 Å². The second-order valence-corrected chi connectivity index (χ2v) is 4.37. The molecule has 3 nitrogen and oxygen atoms in total. The Morgan fingerprint density at radius 1 is 1.91 bits per heavy atom. The number of amides is 1. The van der Waals surface area contributed by atoms with Crippen molar-refractivity contribution in [1.82, 2.24) is 4.90 Å². The lowest BCUT2D eigenvalue weighted by atomic mass is 10.3. The molecular weight excluding hydrogens is 208 g/mol. The van der Waals surface area contributed by atoms with Crippen LogP contribution in [-0.2, 0) is 4.79 Å². The molecule has 1 saturated heterocycles. The Morgan fingerprint density at radius 2 is 2.55 bits per heavy atom. The fourth-order valence-electron chi connectivity index (χ4n) is 1.25. The number of hydrogen-bond donors (Lipinski definition) is 1. The number of carbonyl (C=O) groups is 1. The molecule has 0 aliphatic carbocycles. The number of carbonyl (C=O) groups excluding carboxylic acids is 1. The lowest BCUT2D eigenvalue weighted by molar-refractivity contribution is -0.127. The summed E-state index contributed by atoms with van der Waals surface area (Å²) in [6, 6.07) is 0.0803. The van der Waals surface area contributed by atoms with Crippen molar-refractivity contribution in [3.63, 3.8) is 0 Å². The standard InChI is InChI=1S/C7H13BrN2O/c1-5(9)3-10-4-6(8)2-7(10)11/h5-6H,2-4,9H2,1H3. The quantitative estimate of drug-likeness (QED) is 0.683. The highest BCUT2D eigenvalue weighted by Crippen LogP contribution is 2.17. The van der Waals surface area contributed by atoms with Gasteiger partial charge < -0.3 is 10.6 Å². The maximum absolute atomic E-state index is 11.2. The second kappa shape index (κ2) is 3.54. The van der Waals surface area contributed by atoms with Crippen LogP contribution in [0.1, 0.15) is 13.3 Å². The van der Waals surface area contributed by atoms with Gasteiger partial charge in [-0.05, 0) is 6.92 Å². The van der Waals surface area contributed by atoms with Crippen LogP contribution in [0.3, 0.4) is 0 Å². The molecule has 0 bridgehead atoms. The summed E-state index contributed by atoms with van der Waals surface area (Å²) in [4.78, 5) is 13.3. The van der Waals surface area contributed by atoms with Crippen LogP contribution in [0, 0.1) is 0 Å². The van der Waals surface area contributed by atoms with E-state index in [1.54, 1.807) is 0 Å².